The lowest BCUT2D eigenvalue weighted by Gasteiger charge is -2.15. The fourth-order valence-electron chi connectivity index (χ4n) is 2.22. The van der Waals surface area contributed by atoms with Gasteiger partial charge in [-0.15, -0.1) is 0 Å². The van der Waals surface area contributed by atoms with E-state index < -0.39 is 0 Å². The zero-order chi connectivity index (χ0) is 10.7. The second-order valence-corrected chi connectivity index (χ2v) is 5.35. The number of carbonyl (C=O) groups excluding carboxylic acids is 2. The summed E-state index contributed by atoms with van der Waals surface area (Å²) in [5, 5.41) is 6.42. The summed E-state index contributed by atoms with van der Waals surface area (Å²) < 4.78 is 0. The number of fused-ring (bicyclic) bond motifs is 1. The molecule has 2 rings (SSSR count). The zero-order valence-electron chi connectivity index (χ0n) is 8.57. The molecule has 0 aliphatic carbocycles. The Kier molecular flexibility index (Phi) is 3.51. The molecule has 2 saturated heterocycles. The van der Waals surface area contributed by atoms with Gasteiger partial charge in [-0.1, -0.05) is 6.42 Å². The van der Waals surface area contributed by atoms with E-state index in [1.165, 1.54) is 0 Å². The number of urea groups is 1. The summed E-state index contributed by atoms with van der Waals surface area (Å²) in [6.45, 7) is 0. The molecular formula is C10H16N2O2S. The molecule has 2 unspecified atom stereocenters. The van der Waals surface area contributed by atoms with E-state index in [4.69, 9.17) is 0 Å². The van der Waals surface area contributed by atoms with E-state index in [0.29, 0.717) is 23.8 Å². The van der Waals surface area contributed by atoms with Crippen molar-refractivity contribution in [3.63, 3.8) is 0 Å². The van der Waals surface area contributed by atoms with E-state index in [0.717, 1.165) is 31.3 Å². The van der Waals surface area contributed by atoms with Crippen LogP contribution in [0.15, 0.2) is 0 Å². The molecule has 2 aliphatic rings. The van der Waals surface area contributed by atoms with Gasteiger partial charge in [0.05, 0.1) is 12.1 Å². The van der Waals surface area contributed by atoms with Crippen LogP contribution in [0.1, 0.15) is 25.7 Å². The molecule has 0 aromatic carbocycles. The number of nitrogens with one attached hydrogen (secondary N) is 2. The summed E-state index contributed by atoms with van der Waals surface area (Å²) in [5.74, 6) is 1.02. The SMILES string of the molecule is O=CCCCCC1SC[C@@H]2NC(=O)NC12. The van der Waals surface area contributed by atoms with Crippen LogP contribution < -0.4 is 10.6 Å². The first kappa shape index (κ1) is 10.8. The number of rotatable bonds is 5. The normalized spacial score (nSPS) is 33.3. The topological polar surface area (TPSA) is 58.2 Å². The van der Waals surface area contributed by atoms with Crippen molar-refractivity contribution in [1.29, 1.82) is 0 Å². The lowest BCUT2D eigenvalue weighted by Crippen LogP contribution is -2.36. The Morgan fingerprint density at radius 2 is 2.27 bits per heavy atom. The Balaban J connectivity index is 1.74. The van der Waals surface area contributed by atoms with Crippen molar-refractivity contribution in [3.8, 4) is 0 Å². The number of hydrogen-bond donors (Lipinski definition) is 2. The Hall–Kier alpha value is -0.710. The van der Waals surface area contributed by atoms with Gasteiger partial charge in [-0.2, -0.15) is 11.8 Å². The number of amides is 2. The third-order valence-electron chi connectivity index (χ3n) is 3.00. The third-order valence-corrected chi connectivity index (χ3v) is 4.51. The molecule has 0 spiro atoms. The van der Waals surface area contributed by atoms with E-state index >= 15 is 0 Å². The lowest BCUT2D eigenvalue weighted by molar-refractivity contribution is -0.107. The van der Waals surface area contributed by atoms with Crippen molar-refractivity contribution in [1.82, 2.24) is 10.6 Å². The van der Waals surface area contributed by atoms with E-state index in [9.17, 15) is 9.59 Å². The van der Waals surface area contributed by atoms with Crippen molar-refractivity contribution in [2.75, 3.05) is 5.75 Å². The van der Waals surface area contributed by atoms with E-state index in [-0.39, 0.29) is 6.03 Å². The predicted octanol–water partition coefficient (Wildman–Crippen LogP) is 0.911. The number of carbonyl (C=O) groups is 2. The number of thioether (sulfide) groups is 1. The van der Waals surface area contributed by atoms with Crippen LogP contribution in [-0.4, -0.2) is 35.4 Å². The van der Waals surface area contributed by atoms with Gasteiger partial charge < -0.3 is 15.4 Å². The second kappa shape index (κ2) is 4.88. The zero-order valence-corrected chi connectivity index (χ0v) is 9.39. The lowest BCUT2D eigenvalue weighted by atomic mass is 10.0. The molecule has 4 nitrogen and oxygen atoms in total. The monoisotopic (exact) mass is 228 g/mol. The summed E-state index contributed by atoms with van der Waals surface area (Å²) in [5.41, 5.74) is 0. The number of unbranched alkanes of at least 4 members (excludes halogenated alkanes) is 2. The van der Waals surface area contributed by atoms with Crippen LogP contribution >= 0.6 is 11.8 Å². The third kappa shape index (κ3) is 2.45. The highest BCUT2D eigenvalue weighted by molar-refractivity contribution is 8.00. The molecule has 0 radical (unpaired) electrons. The van der Waals surface area contributed by atoms with Crippen molar-refractivity contribution >= 4 is 24.1 Å². The molecule has 0 bridgehead atoms. The van der Waals surface area contributed by atoms with Crippen molar-refractivity contribution < 1.29 is 9.59 Å². The highest BCUT2D eigenvalue weighted by Crippen LogP contribution is 2.33. The predicted molar refractivity (Wildman–Crippen MR) is 60.0 cm³/mol. The number of hydrogen-bond acceptors (Lipinski definition) is 3. The quantitative estimate of drug-likeness (QED) is 0.418. The van der Waals surface area contributed by atoms with E-state index in [2.05, 4.69) is 10.6 Å². The molecular weight excluding hydrogens is 212 g/mol. The Morgan fingerprint density at radius 3 is 3.07 bits per heavy atom. The summed E-state index contributed by atoms with van der Waals surface area (Å²) in [6.07, 6.45) is 4.79. The van der Waals surface area contributed by atoms with Gasteiger partial charge in [0.1, 0.15) is 6.29 Å². The van der Waals surface area contributed by atoms with Crippen molar-refractivity contribution in [2.24, 2.45) is 0 Å². The first-order chi connectivity index (χ1) is 7.31. The summed E-state index contributed by atoms with van der Waals surface area (Å²) in [7, 11) is 0. The molecule has 3 atom stereocenters. The number of aldehydes is 1. The van der Waals surface area contributed by atoms with E-state index in [1.807, 2.05) is 11.8 Å². The average molecular weight is 228 g/mol. The highest BCUT2D eigenvalue weighted by atomic mass is 32.2. The average Bonchev–Trinajstić information content (AvgIpc) is 2.73. The molecule has 0 aromatic rings. The maximum atomic E-state index is 11.1. The van der Waals surface area contributed by atoms with Gasteiger partial charge in [-0.05, 0) is 12.8 Å². The summed E-state index contributed by atoms with van der Waals surface area (Å²) in [4.78, 5) is 21.3. The maximum absolute atomic E-state index is 11.1. The van der Waals surface area contributed by atoms with Crippen molar-refractivity contribution in [2.45, 2.75) is 43.0 Å². The highest BCUT2D eigenvalue weighted by Gasteiger charge is 2.42. The van der Waals surface area contributed by atoms with Crippen LogP contribution in [0, 0.1) is 0 Å². The molecule has 84 valence electrons. The van der Waals surface area contributed by atoms with Gasteiger partial charge in [-0.25, -0.2) is 4.79 Å². The molecule has 2 N–H and O–H groups in total. The maximum Gasteiger partial charge on any atom is 0.315 e. The smallest absolute Gasteiger partial charge is 0.315 e. The molecule has 0 saturated carbocycles. The van der Waals surface area contributed by atoms with Crippen LogP contribution in [0.5, 0.6) is 0 Å². The van der Waals surface area contributed by atoms with Gasteiger partial charge in [0.2, 0.25) is 0 Å². The molecule has 2 fully saturated rings. The summed E-state index contributed by atoms with van der Waals surface area (Å²) in [6, 6.07) is 0.598. The Morgan fingerprint density at radius 1 is 1.40 bits per heavy atom. The van der Waals surface area contributed by atoms with Gasteiger partial charge in [0.25, 0.3) is 0 Å². The molecule has 2 heterocycles. The minimum atomic E-state index is -0.0248. The molecule has 0 aromatic heterocycles. The first-order valence-electron chi connectivity index (χ1n) is 5.43. The molecule has 2 aliphatic heterocycles. The molecule has 5 heteroatoms. The largest absolute Gasteiger partial charge is 0.332 e. The van der Waals surface area contributed by atoms with Crippen LogP contribution in [0.4, 0.5) is 4.79 Å². The van der Waals surface area contributed by atoms with Gasteiger partial charge in [0.15, 0.2) is 0 Å². The summed E-state index contributed by atoms with van der Waals surface area (Å²) >= 11 is 1.93. The first-order valence-corrected chi connectivity index (χ1v) is 6.48. The van der Waals surface area contributed by atoms with E-state index in [1.54, 1.807) is 0 Å². The van der Waals surface area contributed by atoms with Crippen LogP contribution in [0.25, 0.3) is 0 Å². The van der Waals surface area contributed by atoms with Crippen LogP contribution in [0.2, 0.25) is 0 Å². The van der Waals surface area contributed by atoms with Crippen molar-refractivity contribution in [3.05, 3.63) is 0 Å². The standard InChI is InChI=1S/C10H16N2O2S/c13-5-3-1-2-4-8-9-7(6-15-8)11-10(14)12-9/h5,7-9H,1-4,6H2,(H2,11,12,14)/t7-,8?,9?/m0/s1. The van der Waals surface area contributed by atoms with Gasteiger partial charge in [0, 0.05) is 17.4 Å². The molecule has 15 heavy (non-hydrogen) atoms. The molecule has 2 amide bonds. The fraction of sp³-hybridized carbons (Fsp3) is 0.800. The fourth-order valence-corrected chi connectivity index (χ4v) is 3.76. The Labute approximate surface area is 93.6 Å². The van der Waals surface area contributed by atoms with Crippen LogP contribution in [0.3, 0.4) is 0 Å². The van der Waals surface area contributed by atoms with Crippen LogP contribution in [-0.2, 0) is 4.79 Å². The minimum absolute atomic E-state index is 0.0248. The van der Waals surface area contributed by atoms with Gasteiger partial charge in [-0.3, -0.25) is 0 Å². The minimum Gasteiger partial charge on any atom is -0.332 e. The Bertz CT molecular complexity index is 260. The second-order valence-electron chi connectivity index (χ2n) is 4.07. The van der Waals surface area contributed by atoms with Gasteiger partial charge >= 0.3 is 6.03 Å².